The van der Waals surface area contributed by atoms with Crippen molar-refractivity contribution in [2.75, 3.05) is 26.2 Å². The Bertz CT molecular complexity index is 466. The second-order valence-corrected chi connectivity index (χ2v) is 6.64. The van der Waals surface area contributed by atoms with Crippen molar-refractivity contribution in [3.8, 4) is 5.75 Å². The lowest BCUT2D eigenvalue weighted by Gasteiger charge is -2.36. The molecule has 0 amide bonds. The molecule has 0 aromatic heterocycles. The molecular weight excluding hydrogens is 298 g/mol. The summed E-state index contributed by atoms with van der Waals surface area (Å²) in [6.45, 7) is 8.07. The van der Waals surface area contributed by atoms with Gasteiger partial charge in [0.25, 0.3) is 0 Å². The van der Waals surface area contributed by atoms with Crippen molar-refractivity contribution >= 4 is 11.6 Å². The summed E-state index contributed by atoms with van der Waals surface area (Å²) in [7, 11) is 0. The molecule has 1 fully saturated rings. The highest BCUT2D eigenvalue weighted by Gasteiger charge is 2.27. The molecule has 124 valence electrons. The summed E-state index contributed by atoms with van der Waals surface area (Å²) < 4.78 is 5.61. The van der Waals surface area contributed by atoms with Gasteiger partial charge in [-0.05, 0) is 49.9 Å². The SMILES string of the molecule is CCCOc1ccc(CC2CN(CCC)CCC2O)cc1Cl. The van der Waals surface area contributed by atoms with E-state index in [2.05, 4.69) is 24.8 Å². The number of hydrogen-bond donors (Lipinski definition) is 1. The molecule has 1 aromatic rings. The molecule has 2 rings (SSSR count). The third kappa shape index (κ3) is 4.87. The van der Waals surface area contributed by atoms with E-state index in [0.29, 0.717) is 17.5 Å². The first-order chi connectivity index (χ1) is 10.6. The second-order valence-electron chi connectivity index (χ2n) is 6.23. The molecule has 1 aromatic carbocycles. The molecular formula is C18H28ClNO2. The molecule has 4 heteroatoms. The van der Waals surface area contributed by atoms with Crippen molar-refractivity contribution in [3.63, 3.8) is 0 Å². The Hall–Kier alpha value is -0.770. The monoisotopic (exact) mass is 325 g/mol. The molecule has 2 atom stereocenters. The maximum Gasteiger partial charge on any atom is 0.137 e. The molecule has 0 bridgehead atoms. The highest BCUT2D eigenvalue weighted by atomic mass is 35.5. The fraction of sp³-hybridized carbons (Fsp3) is 0.667. The quantitative estimate of drug-likeness (QED) is 0.828. The Morgan fingerprint density at radius 2 is 2.14 bits per heavy atom. The molecule has 0 spiro atoms. The van der Waals surface area contributed by atoms with E-state index in [9.17, 15) is 5.11 Å². The van der Waals surface area contributed by atoms with Gasteiger partial charge in [0.15, 0.2) is 0 Å². The van der Waals surface area contributed by atoms with E-state index in [0.717, 1.165) is 51.1 Å². The van der Waals surface area contributed by atoms with E-state index in [1.807, 2.05) is 12.1 Å². The summed E-state index contributed by atoms with van der Waals surface area (Å²) in [6, 6.07) is 6.01. The minimum Gasteiger partial charge on any atom is -0.492 e. The number of rotatable bonds is 7. The molecule has 3 nitrogen and oxygen atoms in total. The lowest BCUT2D eigenvalue weighted by atomic mass is 9.88. The molecule has 0 radical (unpaired) electrons. The summed E-state index contributed by atoms with van der Waals surface area (Å²) in [5, 5.41) is 10.9. The van der Waals surface area contributed by atoms with Crippen LogP contribution in [0.4, 0.5) is 0 Å². The Morgan fingerprint density at radius 3 is 2.82 bits per heavy atom. The van der Waals surface area contributed by atoms with Gasteiger partial charge in [0.1, 0.15) is 5.75 Å². The normalized spacial score (nSPS) is 22.7. The Balaban J connectivity index is 1.98. The topological polar surface area (TPSA) is 32.7 Å². The summed E-state index contributed by atoms with van der Waals surface area (Å²) in [6.07, 6.45) is 3.67. The number of hydrogen-bond acceptors (Lipinski definition) is 3. The Labute approximate surface area is 139 Å². The van der Waals surface area contributed by atoms with Crippen LogP contribution in [0.2, 0.25) is 5.02 Å². The summed E-state index contributed by atoms with van der Waals surface area (Å²) in [5.74, 6) is 1.04. The van der Waals surface area contributed by atoms with Crippen molar-refractivity contribution in [2.45, 2.75) is 45.6 Å². The van der Waals surface area contributed by atoms with Crippen LogP contribution in [0.1, 0.15) is 38.7 Å². The van der Waals surface area contributed by atoms with Crippen LogP contribution >= 0.6 is 11.6 Å². The highest BCUT2D eigenvalue weighted by molar-refractivity contribution is 6.32. The number of aliphatic hydroxyl groups is 1. The molecule has 0 aliphatic carbocycles. The molecule has 2 unspecified atom stereocenters. The van der Waals surface area contributed by atoms with Crippen LogP contribution in [0.15, 0.2) is 18.2 Å². The maximum absolute atomic E-state index is 10.3. The molecule has 0 saturated carbocycles. The van der Waals surface area contributed by atoms with Crippen LogP contribution in [-0.2, 0) is 6.42 Å². The van der Waals surface area contributed by atoms with E-state index in [-0.39, 0.29) is 6.10 Å². The lowest BCUT2D eigenvalue weighted by Crippen LogP contribution is -2.44. The summed E-state index contributed by atoms with van der Waals surface area (Å²) in [4.78, 5) is 2.46. The van der Waals surface area contributed by atoms with Gasteiger partial charge in [-0.3, -0.25) is 0 Å². The second kappa shape index (κ2) is 8.76. The van der Waals surface area contributed by atoms with Crippen LogP contribution in [0.3, 0.4) is 0 Å². The standard InChI is InChI=1S/C18H28ClNO2/c1-3-8-20-9-7-17(21)15(13-20)11-14-5-6-18(16(19)12-14)22-10-4-2/h5-6,12,15,17,21H,3-4,7-11,13H2,1-2H3. The van der Waals surface area contributed by atoms with Gasteiger partial charge >= 0.3 is 0 Å². The average Bonchev–Trinajstić information content (AvgIpc) is 2.50. The van der Waals surface area contributed by atoms with Crippen molar-refractivity contribution in [1.29, 1.82) is 0 Å². The first kappa shape index (κ1) is 17.6. The number of halogens is 1. The first-order valence-corrected chi connectivity index (χ1v) is 8.83. The van der Waals surface area contributed by atoms with E-state index < -0.39 is 0 Å². The number of nitrogens with zero attached hydrogens (tertiary/aromatic N) is 1. The number of aliphatic hydroxyl groups excluding tert-OH is 1. The van der Waals surface area contributed by atoms with Crippen LogP contribution in [0, 0.1) is 5.92 Å². The smallest absolute Gasteiger partial charge is 0.137 e. The number of piperidine rings is 1. The zero-order valence-corrected chi connectivity index (χ0v) is 14.5. The molecule has 1 aliphatic rings. The van der Waals surface area contributed by atoms with Gasteiger partial charge in [0.05, 0.1) is 17.7 Å². The van der Waals surface area contributed by atoms with Gasteiger partial charge in [0.2, 0.25) is 0 Å². The predicted octanol–water partition coefficient (Wildman–Crippen LogP) is 3.76. The number of likely N-dealkylation sites (tertiary alicyclic amines) is 1. The van der Waals surface area contributed by atoms with Crippen molar-refractivity contribution < 1.29 is 9.84 Å². The van der Waals surface area contributed by atoms with Gasteiger partial charge in [-0.15, -0.1) is 0 Å². The molecule has 1 N–H and O–H groups in total. The van der Waals surface area contributed by atoms with Crippen molar-refractivity contribution in [1.82, 2.24) is 4.90 Å². The fourth-order valence-corrected chi connectivity index (χ4v) is 3.38. The van der Waals surface area contributed by atoms with E-state index in [1.54, 1.807) is 0 Å². The van der Waals surface area contributed by atoms with Gasteiger partial charge in [0, 0.05) is 19.0 Å². The van der Waals surface area contributed by atoms with E-state index in [1.165, 1.54) is 5.56 Å². The molecule has 22 heavy (non-hydrogen) atoms. The zero-order chi connectivity index (χ0) is 15.9. The van der Waals surface area contributed by atoms with Crippen molar-refractivity contribution in [2.24, 2.45) is 5.92 Å². The summed E-state index contributed by atoms with van der Waals surface area (Å²) in [5.41, 5.74) is 1.18. The van der Waals surface area contributed by atoms with Crippen LogP contribution in [0.5, 0.6) is 5.75 Å². The van der Waals surface area contributed by atoms with Gasteiger partial charge < -0.3 is 14.7 Å². The number of ether oxygens (including phenoxy) is 1. The molecule has 1 aliphatic heterocycles. The molecule has 1 heterocycles. The first-order valence-electron chi connectivity index (χ1n) is 8.45. The van der Waals surface area contributed by atoms with Gasteiger partial charge in [-0.25, -0.2) is 0 Å². The molecule has 1 saturated heterocycles. The third-order valence-corrected chi connectivity index (χ3v) is 4.57. The highest BCUT2D eigenvalue weighted by Crippen LogP contribution is 2.28. The largest absolute Gasteiger partial charge is 0.492 e. The lowest BCUT2D eigenvalue weighted by molar-refractivity contribution is 0.0270. The average molecular weight is 326 g/mol. The third-order valence-electron chi connectivity index (χ3n) is 4.27. The van der Waals surface area contributed by atoms with E-state index in [4.69, 9.17) is 16.3 Å². The summed E-state index contributed by atoms with van der Waals surface area (Å²) >= 11 is 6.30. The minimum absolute atomic E-state index is 0.206. The zero-order valence-electron chi connectivity index (χ0n) is 13.7. The predicted molar refractivity (Wildman–Crippen MR) is 91.8 cm³/mol. The van der Waals surface area contributed by atoms with Crippen LogP contribution < -0.4 is 4.74 Å². The Kier molecular flexibility index (Phi) is 7.00. The minimum atomic E-state index is -0.206. The van der Waals surface area contributed by atoms with Gasteiger partial charge in [-0.2, -0.15) is 0 Å². The van der Waals surface area contributed by atoms with Crippen LogP contribution in [0.25, 0.3) is 0 Å². The fourth-order valence-electron chi connectivity index (χ4n) is 3.12. The maximum atomic E-state index is 10.3. The van der Waals surface area contributed by atoms with Crippen LogP contribution in [-0.4, -0.2) is 42.4 Å². The number of benzene rings is 1. The van der Waals surface area contributed by atoms with E-state index >= 15 is 0 Å². The Morgan fingerprint density at radius 1 is 1.32 bits per heavy atom. The van der Waals surface area contributed by atoms with Crippen molar-refractivity contribution in [3.05, 3.63) is 28.8 Å². The van der Waals surface area contributed by atoms with Gasteiger partial charge in [-0.1, -0.05) is 31.5 Å².